The van der Waals surface area contributed by atoms with Gasteiger partial charge >= 0.3 is 0 Å². The molecule has 19 heavy (non-hydrogen) atoms. The van der Waals surface area contributed by atoms with Crippen LogP contribution in [0.15, 0.2) is 18.2 Å². The molecular formula is C14H21ClN2O2. The van der Waals surface area contributed by atoms with Crippen molar-refractivity contribution in [3.63, 3.8) is 0 Å². The number of benzene rings is 1. The molecule has 1 amide bonds. The number of nitrogens with one attached hydrogen (secondary N) is 1. The van der Waals surface area contributed by atoms with E-state index in [0.29, 0.717) is 10.7 Å². The largest absolute Gasteiger partial charge is 0.394 e. The predicted molar refractivity (Wildman–Crippen MR) is 78.6 cm³/mol. The van der Waals surface area contributed by atoms with Crippen LogP contribution >= 0.6 is 11.6 Å². The fourth-order valence-corrected chi connectivity index (χ4v) is 1.64. The smallest absolute Gasteiger partial charge is 0.238 e. The first-order chi connectivity index (χ1) is 8.76. The molecule has 2 N–H and O–H groups in total. The van der Waals surface area contributed by atoms with E-state index in [2.05, 4.69) is 5.32 Å². The van der Waals surface area contributed by atoms with Crippen LogP contribution in [0, 0.1) is 6.92 Å². The number of likely N-dealkylation sites (N-methyl/N-ethyl adjacent to an activating group) is 1. The summed E-state index contributed by atoms with van der Waals surface area (Å²) >= 11 is 5.91. The molecule has 0 saturated heterocycles. The van der Waals surface area contributed by atoms with Gasteiger partial charge in [-0.1, -0.05) is 17.7 Å². The number of aliphatic hydroxyl groups excluding tert-OH is 1. The quantitative estimate of drug-likeness (QED) is 0.872. The number of rotatable bonds is 5. The van der Waals surface area contributed by atoms with Crippen LogP contribution in [0.25, 0.3) is 0 Å². The summed E-state index contributed by atoms with van der Waals surface area (Å²) in [6.07, 6.45) is 0. The SMILES string of the molecule is Cc1ccc(Cl)cc1NC(=O)CN(C)C(C)(C)CO. The molecule has 5 heteroatoms. The van der Waals surface area contributed by atoms with Crippen LogP contribution in [-0.2, 0) is 4.79 Å². The highest BCUT2D eigenvalue weighted by Gasteiger charge is 2.24. The first-order valence-corrected chi connectivity index (χ1v) is 6.52. The number of anilines is 1. The Bertz CT molecular complexity index is 461. The Morgan fingerprint density at radius 1 is 1.47 bits per heavy atom. The lowest BCUT2D eigenvalue weighted by Crippen LogP contribution is -2.47. The van der Waals surface area contributed by atoms with E-state index in [9.17, 15) is 9.90 Å². The molecule has 0 aromatic heterocycles. The second-order valence-electron chi connectivity index (χ2n) is 5.33. The van der Waals surface area contributed by atoms with E-state index in [1.54, 1.807) is 19.2 Å². The summed E-state index contributed by atoms with van der Waals surface area (Å²) in [5.74, 6) is -0.130. The molecule has 0 radical (unpaired) electrons. The van der Waals surface area contributed by atoms with Gasteiger partial charge in [0.25, 0.3) is 0 Å². The van der Waals surface area contributed by atoms with Crippen molar-refractivity contribution in [1.29, 1.82) is 0 Å². The summed E-state index contributed by atoms with van der Waals surface area (Å²) in [5, 5.41) is 12.7. The fourth-order valence-electron chi connectivity index (χ4n) is 1.47. The minimum Gasteiger partial charge on any atom is -0.394 e. The van der Waals surface area contributed by atoms with Crippen molar-refractivity contribution in [1.82, 2.24) is 4.90 Å². The Morgan fingerprint density at radius 3 is 2.68 bits per heavy atom. The first-order valence-electron chi connectivity index (χ1n) is 6.14. The molecule has 0 fully saturated rings. The summed E-state index contributed by atoms with van der Waals surface area (Å²) in [7, 11) is 1.81. The lowest BCUT2D eigenvalue weighted by atomic mass is 10.1. The minimum absolute atomic E-state index is 0.00697. The van der Waals surface area contributed by atoms with Gasteiger partial charge < -0.3 is 10.4 Å². The van der Waals surface area contributed by atoms with Gasteiger partial charge in [0.05, 0.1) is 13.2 Å². The number of aliphatic hydroxyl groups is 1. The predicted octanol–water partition coefficient (Wildman–Crippen LogP) is 2.29. The van der Waals surface area contributed by atoms with Crippen LogP contribution in [0.1, 0.15) is 19.4 Å². The third-order valence-electron chi connectivity index (χ3n) is 3.27. The maximum absolute atomic E-state index is 12.0. The van der Waals surface area contributed by atoms with Crippen LogP contribution in [0.5, 0.6) is 0 Å². The van der Waals surface area contributed by atoms with E-state index in [1.165, 1.54) is 0 Å². The van der Waals surface area contributed by atoms with Gasteiger partial charge in [-0.3, -0.25) is 9.69 Å². The molecule has 106 valence electrons. The van der Waals surface area contributed by atoms with Gasteiger partial charge in [-0.25, -0.2) is 0 Å². The number of aryl methyl sites for hydroxylation is 1. The molecular weight excluding hydrogens is 264 g/mol. The number of nitrogens with zero attached hydrogens (tertiary/aromatic N) is 1. The number of hydrogen-bond acceptors (Lipinski definition) is 3. The van der Waals surface area contributed by atoms with E-state index in [-0.39, 0.29) is 19.1 Å². The summed E-state index contributed by atoms with van der Waals surface area (Å²) in [6.45, 7) is 5.87. The molecule has 0 aliphatic heterocycles. The van der Waals surface area contributed by atoms with Crippen molar-refractivity contribution >= 4 is 23.2 Å². The molecule has 0 unspecified atom stereocenters. The highest BCUT2D eigenvalue weighted by atomic mass is 35.5. The van der Waals surface area contributed by atoms with Crippen molar-refractivity contribution in [2.75, 3.05) is 25.5 Å². The molecule has 0 atom stereocenters. The topological polar surface area (TPSA) is 52.6 Å². The van der Waals surface area contributed by atoms with Crippen LogP contribution in [0.2, 0.25) is 5.02 Å². The lowest BCUT2D eigenvalue weighted by molar-refractivity contribution is -0.118. The molecule has 0 bridgehead atoms. The lowest BCUT2D eigenvalue weighted by Gasteiger charge is -2.33. The number of halogens is 1. The van der Waals surface area contributed by atoms with E-state index in [4.69, 9.17) is 11.6 Å². The van der Waals surface area contributed by atoms with Crippen molar-refractivity contribution in [3.05, 3.63) is 28.8 Å². The van der Waals surface area contributed by atoms with Crippen LogP contribution in [0.3, 0.4) is 0 Å². The zero-order valence-electron chi connectivity index (χ0n) is 11.8. The number of amides is 1. The van der Waals surface area contributed by atoms with Gasteiger partial charge in [0.1, 0.15) is 0 Å². The zero-order valence-corrected chi connectivity index (χ0v) is 12.6. The average molecular weight is 285 g/mol. The minimum atomic E-state index is -0.430. The normalized spacial score (nSPS) is 11.7. The van der Waals surface area contributed by atoms with Crippen LogP contribution < -0.4 is 5.32 Å². The summed E-state index contributed by atoms with van der Waals surface area (Å²) in [4.78, 5) is 13.8. The second kappa shape index (κ2) is 6.37. The van der Waals surface area contributed by atoms with Crippen LogP contribution in [0.4, 0.5) is 5.69 Å². The van der Waals surface area contributed by atoms with Crippen molar-refractivity contribution in [2.24, 2.45) is 0 Å². The third-order valence-corrected chi connectivity index (χ3v) is 3.51. The Kier molecular flexibility index (Phi) is 5.35. The highest BCUT2D eigenvalue weighted by molar-refractivity contribution is 6.31. The highest BCUT2D eigenvalue weighted by Crippen LogP contribution is 2.20. The standard InChI is InChI=1S/C14H21ClN2O2/c1-10-5-6-11(15)7-12(10)16-13(19)8-17(4)14(2,3)9-18/h5-7,18H,8-9H2,1-4H3,(H,16,19). The van der Waals surface area contributed by atoms with Crippen LogP contribution in [-0.4, -0.2) is 41.7 Å². The molecule has 0 saturated carbocycles. The Labute approximate surface area is 119 Å². The van der Waals surface area contributed by atoms with E-state index in [1.807, 2.05) is 31.7 Å². The van der Waals surface area contributed by atoms with E-state index >= 15 is 0 Å². The zero-order chi connectivity index (χ0) is 14.6. The maximum Gasteiger partial charge on any atom is 0.238 e. The van der Waals surface area contributed by atoms with Crippen molar-refractivity contribution in [2.45, 2.75) is 26.3 Å². The molecule has 0 aliphatic carbocycles. The number of carbonyl (C=O) groups excluding carboxylic acids is 1. The van der Waals surface area contributed by atoms with Gasteiger partial charge in [-0.15, -0.1) is 0 Å². The van der Waals surface area contributed by atoms with Gasteiger partial charge in [-0.05, 0) is 45.5 Å². The summed E-state index contributed by atoms with van der Waals surface area (Å²) in [5.41, 5.74) is 1.25. The maximum atomic E-state index is 12.0. The summed E-state index contributed by atoms with van der Waals surface area (Å²) < 4.78 is 0. The van der Waals surface area contributed by atoms with Gasteiger partial charge in [0.15, 0.2) is 0 Å². The monoisotopic (exact) mass is 284 g/mol. The first kappa shape index (κ1) is 16.0. The van der Waals surface area contributed by atoms with E-state index in [0.717, 1.165) is 5.56 Å². The van der Waals surface area contributed by atoms with Gasteiger partial charge in [0.2, 0.25) is 5.91 Å². The molecule has 0 heterocycles. The fraction of sp³-hybridized carbons (Fsp3) is 0.500. The molecule has 4 nitrogen and oxygen atoms in total. The van der Waals surface area contributed by atoms with Gasteiger partial charge in [0, 0.05) is 16.2 Å². The summed E-state index contributed by atoms with van der Waals surface area (Å²) in [6, 6.07) is 5.37. The molecule has 0 spiro atoms. The van der Waals surface area contributed by atoms with Gasteiger partial charge in [-0.2, -0.15) is 0 Å². The van der Waals surface area contributed by atoms with Crippen molar-refractivity contribution < 1.29 is 9.90 Å². The third kappa shape index (κ3) is 4.49. The van der Waals surface area contributed by atoms with E-state index < -0.39 is 5.54 Å². The van der Waals surface area contributed by atoms with Crippen molar-refractivity contribution in [3.8, 4) is 0 Å². The second-order valence-corrected chi connectivity index (χ2v) is 5.77. The average Bonchev–Trinajstić information content (AvgIpc) is 2.33. The Balaban J connectivity index is 2.68. The molecule has 1 aromatic carbocycles. The number of carbonyl (C=O) groups is 1. The Morgan fingerprint density at radius 2 is 2.11 bits per heavy atom. The molecule has 1 aromatic rings. The molecule has 1 rings (SSSR count). The number of hydrogen-bond donors (Lipinski definition) is 2. The molecule has 0 aliphatic rings. The Hall–Kier alpha value is -1.10.